The van der Waals surface area contributed by atoms with E-state index in [0.29, 0.717) is 5.57 Å². The van der Waals surface area contributed by atoms with Crippen molar-refractivity contribution >= 4 is 18.3 Å². The number of carbonyl (C=O) groups excluding carboxylic acids is 1. The second-order valence-corrected chi connectivity index (χ2v) is 7.29. The van der Waals surface area contributed by atoms with Crippen LogP contribution in [0.5, 0.6) is 0 Å². The monoisotopic (exact) mass is 374 g/mol. The van der Waals surface area contributed by atoms with Gasteiger partial charge in [0.25, 0.3) is 5.91 Å². The second kappa shape index (κ2) is 18.3. The number of hydrogen-bond acceptors (Lipinski definition) is 2. The van der Waals surface area contributed by atoms with E-state index in [1.54, 1.807) is 0 Å². The summed E-state index contributed by atoms with van der Waals surface area (Å²) >= 11 is 0. The molecule has 1 amide bonds. The van der Waals surface area contributed by atoms with Gasteiger partial charge in [-0.3, -0.25) is 10.2 Å². The molecule has 150 valence electrons. The van der Waals surface area contributed by atoms with Crippen LogP contribution in [0.2, 0.25) is 0 Å². The highest BCUT2D eigenvalue weighted by Crippen LogP contribution is 2.11. The smallest absolute Gasteiger partial charge is 0.261 e. The van der Waals surface area contributed by atoms with Crippen LogP contribution in [0.3, 0.4) is 0 Å². The third-order valence-electron chi connectivity index (χ3n) is 4.52. The molecule has 0 aromatic rings. The predicted octanol–water partition coefficient (Wildman–Crippen LogP) is 6.28. The summed E-state index contributed by atoms with van der Waals surface area (Å²) in [4.78, 5) is 12.1. The molecular formula is C21H43ClN2O. The minimum Gasteiger partial charge on any atom is -0.285 e. The van der Waals surface area contributed by atoms with Crippen molar-refractivity contribution in [2.75, 3.05) is 13.1 Å². The Morgan fingerprint density at radius 2 is 1.32 bits per heavy atom. The Balaban J connectivity index is 0. The summed E-state index contributed by atoms with van der Waals surface area (Å²) in [5.41, 5.74) is 3.69. The summed E-state index contributed by atoms with van der Waals surface area (Å²) in [7, 11) is 0. The molecule has 0 aliphatic rings. The lowest BCUT2D eigenvalue weighted by Gasteiger charge is -2.23. The van der Waals surface area contributed by atoms with E-state index in [1.165, 1.54) is 57.8 Å². The Morgan fingerprint density at radius 3 is 1.76 bits per heavy atom. The van der Waals surface area contributed by atoms with E-state index in [4.69, 9.17) is 0 Å². The number of amides is 1. The maximum absolute atomic E-state index is 12.1. The van der Waals surface area contributed by atoms with Gasteiger partial charge in [0, 0.05) is 18.7 Å². The van der Waals surface area contributed by atoms with Gasteiger partial charge in [0.15, 0.2) is 0 Å². The summed E-state index contributed by atoms with van der Waals surface area (Å²) in [6, 6.07) is 0. The van der Waals surface area contributed by atoms with Crippen molar-refractivity contribution in [2.45, 2.75) is 98.3 Å². The fourth-order valence-electron chi connectivity index (χ4n) is 2.76. The van der Waals surface area contributed by atoms with Crippen LogP contribution in [0.1, 0.15) is 98.3 Å². The van der Waals surface area contributed by atoms with E-state index >= 15 is 0 Å². The van der Waals surface area contributed by atoms with Crippen LogP contribution in [-0.2, 0) is 4.79 Å². The molecular weight excluding hydrogens is 332 g/mol. The quantitative estimate of drug-likeness (QED) is 0.196. The first kappa shape index (κ1) is 26.7. The molecule has 0 unspecified atom stereocenters. The number of carbonyl (C=O) groups is 1. The zero-order chi connectivity index (χ0) is 18.2. The van der Waals surface area contributed by atoms with Crippen LogP contribution in [-0.4, -0.2) is 24.0 Å². The number of rotatable bonds is 16. The van der Waals surface area contributed by atoms with Gasteiger partial charge in [-0.1, -0.05) is 92.1 Å². The van der Waals surface area contributed by atoms with Crippen LogP contribution in [0.15, 0.2) is 12.2 Å². The zero-order valence-corrected chi connectivity index (χ0v) is 18.1. The Kier molecular flexibility index (Phi) is 19.5. The molecule has 0 bridgehead atoms. The van der Waals surface area contributed by atoms with E-state index in [2.05, 4.69) is 30.9 Å². The molecule has 0 aromatic carbocycles. The van der Waals surface area contributed by atoms with Crippen molar-refractivity contribution in [3.63, 3.8) is 0 Å². The van der Waals surface area contributed by atoms with E-state index in [1.807, 2.05) is 13.8 Å². The lowest BCUT2D eigenvalue weighted by atomic mass is 10.1. The number of hydrazine groups is 1. The average Bonchev–Trinajstić information content (AvgIpc) is 2.55. The van der Waals surface area contributed by atoms with Crippen molar-refractivity contribution in [2.24, 2.45) is 5.92 Å². The summed E-state index contributed by atoms with van der Waals surface area (Å²) < 4.78 is 0. The Bertz CT molecular complexity index is 332. The van der Waals surface area contributed by atoms with Crippen molar-refractivity contribution in [3.8, 4) is 0 Å². The van der Waals surface area contributed by atoms with E-state index < -0.39 is 0 Å². The van der Waals surface area contributed by atoms with Crippen molar-refractivity contribution < 1.29 is 4.79 Å². The van der Waals surface area contributed by atoms with Crippen LogP contribution < -0.4 is 5.43 Å². The first-order valence-electron chi connectivity index (χ1n) is 10.3. The maximum atomic E-state index is 12.1. The minimum absolute atomic E-state index is 0. The lowest BCUT2D eigenvalue weighted by molar-refractivity contribution is -0.122. The first-order chi connectivity index (χ1) is 11.5. The van der Waals surface area contributed by atoms with Crippen molar-refractivity contribution in [3.05, 3.63) is 12.2 Å². The standard InChI is InChI=1S/C21H42N2O.ClH/c1-6-8-9-10-11-12-13-14-15-16-18-23(17-7-2)22-21(24)20(5)19(3)4;/h19H,5-18H2,1-4H3,(H,22,24);1H. The molecule has 0 saturated carbocycles. The molecule has 25 heavy (non-hydrogen) atoms. The number of nitrogens with one attached hydrogen (secondary N) is 1. The van der Waals surface area contributed by atoms with Gasteiger partial charge in [0.05, 0.1) is 0 Å². The van der Waals surface area contributed by atoms with Gasteiger partial charge in [0.1, 0.15) is 0 Å². The summed E-state index contributed by atoms with van der Waals surface area (Å²) in [6.45, 7) is 14.2. The molecule has 0 fully saturated rings. The van der Waals surface area contributed by atoms with Crippen molar-refractivity contribution in [1.29, 1.82) is 0 Å². The van der Waals surface area contributed by atoms with Gasteiger partial charge in [-0.2, -0.15) is 0 Å². The Hall–Kier alpha value is -0.540. The topological polar surface area (TPSA) is 32.3 Å². The van der Waals surface area contributed by atoms with Crippen LogP contribution in [0.4, 0.5) is 0 Å². The fraction of sp³-hybridized carbons (Fsp3) is 0.857. The number of unbranched alkanes of at least 4 members (excludes halogenated alkanes) is 9. The largest absolute Gasteiger partial charge is 0.285 e. The predicted molar refractivity (Wildman–Crippen MR) is 113 cm³/mol. The third kappa shape index (κ3) is 15.4. The molecule has 0 atom stereocenters. The SMILES string of the molecule is C=C(C(=O)NN(CCC)CCCCCCCCCCCC)C(C)C.Cl. The normalized spacial score (nSPS) is 10.8. The maximum Gasteiger partial charge on any atom is 0.261 e. The molecule has 0 aliphatic carbocycles. The third-order valence-corrected chi connectivity index (χ3v) is 4.52. The van der Waals surface area contributed by atoms with Gasteiger partial charge in [0.2, 0.25) is 0 Å². The van der Waals surface area contributed by atoms with Crippen LogP contribution >= 0.6 is 12.4 Å². The van der Waals surface area contributed by atoms with Crippen molar-refractivity contribution in [1.82, 2.24) is 10.4 Å². The summed E-state index contributed by atoms with van der Waals surface area (Å²) in [5.74, 6) is 0.177. The number of hydrogen-bond donors (Lipinski definition) is 1. The highest BCUT2D eigenvalue weighted by molar-refractivity contribution is 5.92. The van der Waals surface area contributed by atoms with E-state index in [-0.39, 0.29) is 24.2 Å². The first-order valence-corrected chi connectivity index (χ1v) is 10.3. The van der Waals surface area contributed by atoms with E-state index in [9.17, 15) is 4.79 Å². The zero-order valence-electron chi connectivity index (χ0n) is 17.2. The van der Waals surface area contributed by atoms with Gasteiger partial charge >= 0.3 is 0 Å². The van der Waals surface area contributed by atoms with Gasteiger partial charge in [-0.15, -0.1) is 12.4 Å². The summed E-state index contributed by atoms with van der Waals surface area (Å²) in [6.07, 6.45) is 14.5. The highest BCUT2D eigenvalue weighted by atomic mass is 35.5. The number of halogens is 1. The fourth-order valence-corrected chi connectivity index (χ4v) is 2.76. The van der Waals surface area contributed by atoms with Gasteiger partial charge in [-0.05, 0) is 18.8 Å². The molecule has 0 aromatic heterocycles. The summed E-state index contributed by atoms with van der Waals surface area (Å²) in [5, 5.41) is 2.07. The molecule has 0 radical (unpaired) electrons. The van der Waals surface area contributed by atoms with Gasteiger partial charge < -0.3 is 0 Å². The van der Waals surface area contributed by atoms with Crippen LogP contribution in [0, 0.1) is 5.92 Å². The van der Waals surface area contributed by atoms with Crippen LogP contribution in [0.25, 0.3) is 0 Å². The lowest BCUT2D eigenvalue weighted by Crippen LogP contribution is -2.44. The Labute approximate surface area is 163 Å². The molecule has 1 N–H and O–H groups in total. The average molecular weight is 375 g/mol. The Morgan fingerprint density at radius 1 is 0.840 bits per heavy atom. The highest BCUT2D eigenvalue weighted by Gasteiger charge is 2.13. The molecule has 0 aliphatic heterocycles. The minimum atomic E-state index is -0.0227. The number of nitrogens with zero attached hydrogens (tertiary/aromatic N) is 1. The molecule has 0 spiro atoms. The molecule has 0 saturated heterocycles. The second-order valence-electron chi connectivity index (χ2n) is 7.29. The molecule has 4 heteroatoms. The molecule has 3 nitrogen and oxygen atoms in total. The van der Waals surface area contributed by atoms with Gasteiger partial charge in [-0.25, -0.2) is 5.01 Å². The molecule has 0 heterocycles. The molecule has 0 rings (SSSR count). The van der Waals surface area contributed by atoms with E-state index in [0.717, 1.165) is 25.9 Å².